The van der Waals surface area contributed by atoms with E-state index < -0.39 is 24.5 Å². The van der Waals surface area contributed by atoms with Crippen molar-refractivity contribution >= 4 is 0 Å². The minimum Gasteiger partial charge on any atom is -0.322 e. The van der Waals surface area contributed by atoms with Crippen molar-refractivity contribution in [1.29, 1.82) is 0 Å². The van der Waals surface area contributed by atoms with Gasteiger partial charge in [0.1, 0.15) is 5.82 Å². The molecule has 0 aliphatic heterocycles. The minimum absolute atomic E-state index is 0.0312. The maximum absolute atomic E-state index is 12.4. The smallest absolute Gasteiger partial charge is 0.322 e. The molecule has 0 bridgehead atoms. The Labute approximate surface area is 77.7 Å². The van der Waals surface area contributed by atoms with Crippen molar-refractivity contribution in [3.63, 3.8) is 0 Å². The summed E-state index contributed by atoms with van der Waals surface area (Å²) < 4.78 is 48.0. The molecule has 0 spiro atoms. The molecule has 1 rings (SSSR count). The summed E-state index contributed by atoms with van der Waals surface area (Å²) >= 11 is 0. The second kappa shape index (κ2) is 3.91. The number of aromatic nitrogens is 1. The highest BCUT2D eigenvalue weighted by Gasteiger charge is 2.31. The number of pyridine rings is 1. The van der Waals surface area contributed by atoms with Gasteiger partial charge in [-0.3, -0.25) is 4.98 Å². The molecular weight excluding hydrogens is 200 g/mol. The van der Waals surface area contributed by atoms with Crippen molar-refractivity contribution in [3.8, 4) is 0 Å². The molecule has 1 heterocycles. The maximum Gasteiger partial charge on any atom is 0.390 e. The normalized spacial score (nSPS) is 14.1. The summed E-state index contributed by atoms with van der Waals surface area (Å²) in [4.78, 5) is 3.46. The highest BCUT2D eigenvalue weighted by molar-refractivity contribution is 5.09. The summed E-state index contributed by atoms with van der Waals surface area (Å²) in [6.45, 7) is 0. The average Bonchev–Trinajstić information content (AvgIpc) is 2.02. The highest BCUT2D eigenvalue weighted by Crippen LogP contribution is 2.26. The second-order valence-corrected chi connectivity index (χ2v) is 2.83. The van der Waals surface area contributed by atoms with E-state index in [1.54, 1.807) is 0 Å². The van der Waals surface area contributed by atoms with Gasteiger partial charge in [0, 0.05) is 0 Å². The Morgan fingerprint density at radius 2 is 2.00 bits per heavy atom. The number of nitrogens with zero attached hydrogens (tertiary/aromatic N) is 1. The predicted octanol–water partition coefficient (Wildman–Crippen LogP) is 2.17. The molecule has 14 heavy (non-hydrogen) atoms. The van der Waals surface area contributed by atoms with Gasteiger partial charge in [-0.1, -0.05) is 0 Å². The molecule has 1 aromatic heterocycles. The van der Waals surface area contributed by atoms with Crippen LogP contribution in [0.1, 0.15) is 18.2 Å². The van der Waals surface area contributed by atoms with Crippen molar-refractivity contribution < 1.29 is 17.6 Å². The van der Waals surface area contributed by atoms with E-state index in [2.05, 4.69) is 4.98 Å². The van der Waals surface area contributed by atoms with E-state index in [4.69, 9.17) is 5.73 Å². The Bertz CT molecular complexity index is 293. The van der Waals surface area contributed by atoms with E-state index in [0.29, 0.717) is 0 Å². The van der Waals surface area contributed by atoms with Crippen LogP contribution in [0.15, 0.2) is 18.3 Å². The molecule has 0 saturated heterocycles. The van der Waals surface area contributed by atoms with Crippen LogP contribution in [0.3, 0.4) is 0 Å². The molecule has 0 aliphatic rings. The molecule has 78 valence electrons. The minimum atomic E-state index is -4.34. The molecule has 0 aliphatic carbocycles. The van der Waals surface area contributed by atoms with Crippen LogP contribution >= 0.6 is 0 Å². The zero-order chi connectivity index (χ0) is 10.8. The van der Waals surface area contributed by atoms with Gasteiger partial charge in [-0.2, -0.15) is 13.2 Å². The quantitative estimate of drug-likeness (QED) is 0.756. The number of hydrogen-bond donors (Lipinski definition) is 1. The Morgan fingerprint density at radius 1 is 1.36 bits per heavy atom. The Morgan fingerprint density at radius 3 is 2.43 bits per heavy atom. The molecule has 0 fully saturated rings. The first-order valence-corrected chi connectivity index (χ1v) is 3.82. The van der Waals surface area contributed by atoms with Gasteiger partial charge in [-0.05, 0) is 12.1 Å². The van der Waals surface area contributed by atoms with E-state index in [0.717, 1.165) is 18.3 Å². The van der Waals surface area contributed by atoms with Crippen LogP contribution in [0.2, 0.25) is 0 Å². The van der Waals surface area contributed by atoms with Crippen LogP contribution in [0.25, 0.3) is 0 Å². The molecule has 1 atom stereocenters. The number of nitrogens with two attached hydrogens (primary N) is 1. The fourth-order valence-electron chi connectivity index (χ4n) is 0.961. The summed E-state index contributed by atoms with van der Waals surface area (Å²) in [5.74, 6) is -0.604. The zero-order valence-electron chi connectivity index (χ0n) is 7.05. The monoisotopic (exact) mass is 208 g/mol. The molecular formula is C8H8F4N2. The number of rotatable bonds is 2. The van der Waals surface area contributed by atoms with Gasteiger partial charge in [0.15, 0.2) is 0 Å². The maximum atomic E-state index is 12.4. The topological polar surface area (TPSA) is 38.9 Å². The van der Waals surface area contributed by atoms with Crippen LogP contribution in [0.5, 0.6) is 0 Å². The average molecular weight is 208 g/mol. The third-order valence-electron chi connectivity index (χ3n) is 1.58. The summed E-state index contributed by atoms with van der Waals surface area (Å²) in [6, 6.07) is 0.931. The van der Waals surface area contributed by atoms with E-state index in [9.17, 15) is 17.6 Å². The second-order valence-electron chi connectivity index (χ2n) is 2.83. The van der Waals surface area contributed by atoms with Crippen molar-refractivity contribution in [2.45, 2.75) is 18.6 Å². The van der Waals surface area contributed by atoms with Gasteiger partial charge in [0.25, 0.3) is 0 Å². The van der Waals surface area contributed by atoms with E-state index in [1.165, 1.54) is 0 Å². The predicted molar refractivity (Wildman–Crippen MR) is 41.8 cm³/mol. The molecule has 6 heteroatoms. The van der Waals surface area contributed by atoms with Crippen molar-refractivity contribution in [2.75, 3.05) is 0 Å². The Kier molecular flexibility index (Phi) is 3.05. The van der Waals surface area contributed by atoms with Crippen molar-refractivity contribution in [1.82, 2.24) is 4.98 Å². The van der Waals surface area contributed by atoms with Crippen molar-refractivity contribution in [2.24, 2.45) is 5.73 Å². The molecule has 0 aromatic carbocycles. The van der Waals surface area contributed by atoms with Gasteiger partial charge >= 0.3 is 6.18 Å². The van der Waals surface area contributed by atoms with Crippen LogP contribution in [0.4, 0.5) is 17.6 Å². The lowest BCUT2D eigenvalue weighted by atomic mass is 10.1. The first-order chi connectivity index (χ1) is 6.38. The molecule has 1 aromatic rings. The fourth-order valence-corrected chi connectivity index (χ4v) is 0.961. The van der Waals surface area contributed by atoms with Crippen molar-refractivity contribution in [3.05, 3.63) is 29.8 Å². The first kappa shape index (κ1) is 10.9. The van der Waals surface area contributed by atoms with E-state index >= 15 is 0 Å². The summed E-state index contributed by atoms with van der Waals surface area (Å²) in [5, 5.41) is 0. The Balaban J connectivity index is 2.70. The van der Waals surface area contributed by atoms with Gasteiger partial charge in [-0.25, -0.2) is 4.39 Å². The lowest BCUT2D eigenvalue weighted by Crippen LogP contribution is -2.21. The number of halogens is 4. The third-order valence-corrected chi connectivity index (χ3v) is 1.58. The molecule has 0 radical (unpaired) electrons. The third kappa shape index (κ3) is 3.29. The van der Waals surface area contributed by atoms with E-state index in [-0.39, 0.29) is 5.69 Å². The highest BCUT2D eigenvalue weighted by atomic mass is 19.4. The lowest BCUT2D eigenvalue weighted by Gasteiger charge is -2.12. The van der Waals surface area contributed by atoms with Gasteiger partial charge < -0.3 is 5.73 Å². The lowest BCUT2D eigenvalue weighted by molar-refractivity contribution is -0.138. The Hall–Kier alpha value is -1.17. The zero-order valence-corrected chi connectivity index (χ0v) is 7.05. The summed E-state index contributed by atoms with van der Waals surface area (Å²) in [6.07, 6.45) is -4.66. The summed E-state index contributed by atoms with van der Waals surface area (Å²) in [5.41, 5.74) is 5.26. The summed E-state index contributed by atoms with van der Waals surface area (Å²) in [7, 11) is 0. The molecule has 0 amide bonds. The standard InChI is InChI=1S/C8H8F4N2/c9-5-1-2-7(14-4-5)6(13)3-8(10,11)12/h1-2,4,6H,3,13H2/t6-/m1/s1. The molecule has 2 nitrogen and oxygen atoms in total. The molecule has 2 N–H and O–H groups in total. The van der Waals surface area contributed by atoms with Crippen LogP contribution in [0, 0.1) is 5.82 Å². The molecule has 0 unspecified atom stereocenters. The van der Waals surface area contributed by atoms with Crippen LogP contribution in [-0.4, -0.2) is 11.2 Å². The first-order valence-electron chi connectivity index (χ1n) is 3.82. The number of hydrogen-bond acceptors (Lipinski definition) is 2. The fraction of sp³-hybridized carbons (Fsp3) is 0.375. The molecule has 0 saturated carbocycles. The van der Waals surface area contributed by atoms with Gasteiger partial charge in [0.05, 0.1) is 24.4 Å². The largest absolute Gasteiger partial charge is 0.390 e. The van der Waals surface area contributed by atoms with E-state index in [1.807, 2.05) is 0 Å². The van der Waals surface area contributed by atoms with Crippen LogP contribution in [-0.2, 0) is 0 Å². The van der Waals surface area contributed by atoms with Gasteiger partial charge in [-0.15, -0.1) is 0 Å². The van der Waals surface area contributed by atoms with Gasteiger partial charge in [0.2, 0.25) is 0 Å². The number of alkyl halides is 3. The van der Waals surface area contributed by atoms with Crippen LogP contribution < -0.4 is 5.73 Å². The SMILES string of the molecule is N[C@H](CC(F)(F)F)c1ccc(F)cn1.